The average molecular weight is 614 g/mol. The molecule has 0 radical (unpaired) electrons. The van der Waals surface area contributed by atoms with Crippen molar-refractivity contribution in [2.75, 3.05) is 26.0 Å². The van der Waals surface area contributed by atoms with Gasteiger partial charge in [-0.05, 0) is 75.0 Å². The zero-order valence-electron chi connectivity index (χ0n) is 24.8. The maximum atomic E-state index is 14.6. The zero-order chi connectivity index (χ0) is 31.3. The number of halogens is 2. The standard InChI is InChI=1S/C30H37ClFN7O4/c1-16(33-4)27(40)38-25(29(42)39-28(41)22-7-6-10-34-22)30(2,3)14-17-11-19-23(13-24(17)43-5)35-15-36-26(19)37-21-9-8-18(31)12-20(21)32/h8-9,11-13,15-16,22,25,33-34H,6-7,10,14H2,1-5H3,(H,38,40)(H,35,36,37)(H,39,41,42)/t16-,22-,25+/m0/s1. The van der Waals surface area contributed by atoms with Crippen molar-refractivity contribution in [2.24, 2.45) is 5.41 Å². The van der Waals surface area contributed by atoms with Crippen molar-refractivity contribution >= 4 is 51.7 Å². The predicted molar refractivity (Wildman–Crippen MR) is 163 cm³/mol. The molecular formula is C30H37ClFN7O4. The number of carbonyl (C=O) groups excluding carboxylic acids is 3. The van der Waals surface area contributed by atoms with E-state index >= 15 is 0 Å². The van der Waals surface area contributed by atoms with Gasteiger partial charge in [-0.25, -0.2) is 14.4 Å². The highest BCUT2D eigenvalue weighted by molar-refractivity contribution is 6.30. The molecule has 5 N–H and O–H groups in total. The topological polar surface area (TPSA) is 146 Å². The molecule has 0 aliphatic carbocycles. The molecular weight excluding hydrogens is 577 g/mol. The molecule has 1 saturated heterocycles. The lowest BCUT2D eigenvalue weighted by Gasteiger charge is -2.35. The summed E-state index contributed by atoms with van der Waals surface area (Å²) in [5, 5.41) is 15.1. The van der Waals surface area contributed by atoms with Crippen LogP contribution >= 0.6 is 11.6 Å². The second kappa shape index (κ2) is 13.6. The van der Waals surface area contributed by atoms with E-state index in [-0.39, 0.29) is 17.1 Å². The number of rotatable bonds is 11. The van der Waals surface area contributed by atoms with Crippen molar-refractivity contribution in [1.29, 1.82) is 0 Å². The summed E-state index contributed by atoms with van der Waals surface area (Å²) in [6.45, 7) is 6.03. The minimum atomic E-state index is -1.07. The van der Waals surface area contributed by atoms with Crippen LogP contribution in [0.2, 0.25) is 5.02 Å². The molecule has 1 aliphatic heterocycles. The number of hydrogen-bond acceptors (Lipinski definition) is 9. The van der Waals surface area contributed by atoms with Crippen LogP contribution in [0.5, 0.6) is 5.75 Å². The van der Waals surface area contributed by atoms with Crippen LogP contribution in [0.3, 0.4) is 0 Å². The fraction of sp³-hybridized carbons (Fsp3) is 0.433. The van der Waals surface area contributed by atoms with Crippen LogP contribution in [0.1, 0.15) is 39.2 Å². The molecule has 1 aliphatic rings. The first-order chi connectivity index (χ1) is 20.4. The Morgan fingerprint density at radius 2 is 1.95 bits per heavy atom. The summed E-state index contributed by atoms with van der Waals surface area (Å²) >= 11 is 5.91. The first kappa shape index (κ1) is 32.1. The van der Waals surface area contributed by atoms with Gasteiger partial charge in [0.2, 0.25) is 17.7 Å². The Morgan fingerprint density at radius 1 is 1.19 bits per heavy atom. The van der Waals surface area contributed by atoms with E-state index in [0.717, 1.165) is 6.42 Å². The van der Waals surface area contributed by atoms with E-state index in [1.165, 1.54) is 25.6 Å². The van der Waals surface area contributed by atoms with Gasteiger partial charge in [-0.15, -0.1) is 0 Å². The smallest absolute Gasteiger partial charge is 0.249 e. The van der Waals surface area contributed by atoms with E-state index in [1.807, 2.05) is 19.9 Å². The first-order valence-corrected chi connectivity index (χ1v) is 14.4. The van der Waals surface area contributed by atoms with Gasteiger partial charge in [0.1, 0.15) is 29.8 Å². The van der Waals surface area contributed by atoms with E-state index in [2.05, 4.69) is 36.6 Å². The largest absolute Gasteiger partial charge is 0.496 e. The molecule has 4 rings (SSSR count). The van der Waals surface area contributed by atoms with Gasteiger partial charge >= 0.3 is 0 Å². The molecule has 3 atom stereocenters. The molecule has 230 valence electrons. The highest BCUT2D eigenvalue weighted by Gasteiger charge is 2.39. The third-order valence-electron chi connectivity index (χ3n) is 7.65. The monoisotopic (exact) mass is 613 g/mol. The second-order valence-corrected chi connectivity index (χ2v) is 11.7. The number of ether oxygens (including phenoxy) is 1. The number of carbonyl (C=O) groups is 3. The van der Waals surface area contributed by atoms with Crippen molar-refractivity contribution in [3.8, 4) is 5.75 Å². The highest BCUT2D eigenvalue weighted by atomic mass is 35.5. The number of hydrogen-bond donors (Lipinski definition) is 5. The predicted octanol–water partition coefficient (Wildman–Crippen LogP) is 3.23. The summed E-state index contributed by atoms with van der Waals surface area (Å²) in [4.78, 5) is 48.0. The van der Waals surface area contributed by atoms with Crippen molar-refractivity contribution in [1.82, 2.24) is 31.2 Å². The van der Waals surface area contributed by atoms with Gasteiger partial charge in [0.15, 0.2) is 0 Å². The quantitative estimate of drug-likeness (QED) is 0.220. The molecule has 1 aromatic heterocycles. The molecule has 0 unspecified atom stereocenters. The van der Waals surface area contributed by atoms with Gasteiger partial charge in [-0.3, -0.25) is 19.7 Å². The Balaban J connectivity index is 1.68. The van der Waals surface area contributed by atoms with Gasteiger partial charge < -0.3 is 26.0 Å². The van der Waals surface area contributed by atoms with E-state index < -0.39 is 47.1 Å². The number of anilines is 2. The zero-order valence-corrected chi connectivity index (χ0v) is 25.6. The highest BCUT2D eigenvalue weighted by Crippen LogP contribution is 2.36. The number of amides is 3. The van der Waals surface area contributed by atoms with Crippen molar-refractivity contribution in [2.45, 2.75) is 58.2 Å². The third kappa shape index (κ3) is 7.56. The van der Waals surface area contributed by atoms with Crippen LogP contribution in [0, 0.1) is 11.2 Å². The van der Waals surface area contributed by atoms with Crippen LogP contribution in [0.25, 0.3) is 10.9 Å². The summed E-state index contributed by atoms with van der Waals surface area (Å²) in [6, 6.07) is 5.71. The van der Waals surface area contributed by atoms with Crippen molar-refractivity contribution in [3.63, 3.8) is 0 Å². The van der Waals surface area contributed by atoms with Crippen LogP contribution < -0.4 is 31.3 Å². The fourth-order valence-electron chi connectivity index (χ4n) is 5.07. The number of fused-ring (bicyclic) bond motifs is 1. The van der Waals surface area contributed by atoms with Crippen LogP contribution in [-0.2, 0) is 20.8 Å². The van der Waals surface area contributed by atoms with Gasteiger partial charge in [0, 0.05) is 16.5 Å². The third-order valence-corrected chi connectivity index (χ3v) is 7.88. The molecule has 43 heavy (non-hydrogen) atoms. The van der Waals surface area contributed by atoms with E-state index in [1.54, 1.807) is 26.1 Å². The Labute approximate surface area is 254 Å². The minimum absolute atomic E-state index is 0.182. The van der Waals surface area contributed by atoms with Crippen LogP contribution in [0.15, 0.2) is 36.7 Å². The average Bonchev–Trinajstić information content (AvgIpc) is 3.52. The van der Waals surface area contributed by atoms with Crippen molar-refractivity contribution in [3.05, 3.63) is 53.1 Å². The molecule has 3 aromatic rings. The second-order valence-electron chi connectivity index (χ2n) is 11.3. The Bertz CT molecular complexity index is 1510. The summed E-state index contributed by atoms with van der Waals surface area (Å²) < 4.78 is 20.3. The number of nitrogens with zero attached hydrogens (tertiary/aromatic N) is 2. The lowest BCUT2D eigenvalue weighted by atomic mass is 9.77. The maximum absolute atomic E-state index is 14.6. The van der Waals surface area contributed by atoms with E-state index in [9.17, 15) is 18.8 Å². The van der Waals surface area contributed by atoms with Gasteiger partial charge in [0.05, 0.1) is 30.4 Å². The van der Waals surface area contributed by atoms with Gasteiger partial charge in [-0.2, -0.15) is 0 Å². The Kier molecular flexibility index (Phi) is 10.2. The SMILES string of the molecule is CN[C@@H](C)C(=O)N[C@H](C(=O)NC(=O)[C@@H]1CCCN1)C(C)(C)Cc1cc2c(Nc3ccc(Cl)cc3F)ncnc2cc1OC. The van der Waals surface area contributed by atoms with Crippen LogP contribution in [-0.4, -0.2) is 66.5 Å². The summed E-state index contributed by atoms with van der Waals surface area (Å²) in [7, 11) is 3.16. The lowest BCUT2D eigenvalue weighted by molar-refractivity contribution is -0.137. The number of methoxy groups -OCH3 is 1. The number of benzene rings is 2. The Morgan fingerprint density at radius 3 is 2.60 bits per heavy atom. The normalized spacial score (nSPS) is 16.4. The van der Waals surface area contributed by atoms with Gasteiger partial charge in [-0.1, -0.05) is 25.4 Å². The summed E-state index contributed by atoms with van der Waals surface area (Å²) in [5.41, 5.74) is 0.502. The summed E-state index contributed by atoms with van der Waals surface area (Å²) in [6.07, 6.45) is 3.07. The lowest BCUT2D eigenvalue weighted by Crippen LogP contribution is -2.59. The number of aromatic nitrogens is 2. The molecule has 0 spiro atoms. The van der Waals surface area contributed by atoms with E-state index in [0.29, 0.717) is 41.0 Å². The summed E-state index contributed by atoms with van der Waals surface area (Å²) in [5.74, 6) is -1.11. The number of nitrogens with one attached hydrogen (secondary N) is 5. The van der Waals surface area contributed by atoms with Gasteiger partial charge in [0.25, 0.3) is 0 Å². The maximum Gasteiger partial charge on any atom is 0.249 e. The number of imide groups is 1. The fourth-order valence-corrected chi connectivity index (χ4v) is 5.23. The molecule has 0 saturated carbocycles. The molecule has 0 bridgehead atoms. The molecule has 13 heteroatoms. The molecule has 2 heterocycles. The van der Waals surface area contributed by atoms with Crippen LogP contribution in [0.4, 0.5) is 15.9 Å². The molecule has 11 nitrogen and oxygen atoms in total. The Hall–Kier alpha value is -3.87. The minimum Gasteiger partial charge on any atom is -0.496 e. The first-order valence-electron chi connectivity index (χ1n) is 14.0. The molecule has 2 aromatic carbocycles. The number of likely N-dealkylation sites (N-methyl/N-ethyl adjacent to an activating group) is 1. The molecule has 1 fully saturated rings. The molecule has 3 amide bonds. The van der Waals surface area contributed by atoms with Crippen molar-refractivity contribution < 1.29 is 23.5 Å². The van der Waals surface area contributed by atoms with E-state index in [4.69, 9.17) is 16.3 Å².